The van der Waals surface area contributed by atoms with Crippen LogP contribution in [0, 0.1) is 0 Å². The van der Waals surface area contributed by atoms with E-state index in [2.05, 4.69) is 10.6 Å². The summed E-state index contributed by atoms with van der Waals surface area (Å²) in [6, 6.07) is -2.16. The first-order valence-electron chi connectivity index (χ1n) is 4.98. The van der Waals surface area contributed by atoms with Gasteiger partial charge in [0.2, 0.25) is 11.8 Å². The highest BCUT2D eigenvalue weighted by atomic mass is 16.4. The molecule has 0 aliphatic heterocycles. The Morgan fingerprint density at radius 2 is 1.11 bits per heavy atom. The van der Waals surface area contributed by atoms with E-state index in [0.717, 1.165) is 12.2 Å². The standard InChI is InChI=1S/C10H14N2O6/c1-5(9(15)16)11-7(13)3-4-8(14)12-6(2)10(17)18/h3-6H,1-2H3,(H,11,13)(H,12,14)(H,15,16)(H,17,18)/b4-3-. The summed E-state index contributed by atoms with van der Waals surface area (Å²) in [5.74, 6) is -3.94. The zero-order valence-electron chi connectivity index (χ0n) is 9.84. The average molecular weight is 258 g/mol. The van der Waals surface area contributed by atoms with Gasteiger partial charge in [0.05, 0.1) is 0 Å². The van der Waals surface area contributed by atoms with Gasteiger partial charge in [0.25, 0.3) is 0 Å². The SMILES string of the molecule is CC(NC(=O)/C=C\C(=O)NC(C)C(=O)O)C(=O)O. The van der Waals surface area contributed by atoms with Crippen molar-refractivity contribution in [3.8, 4) is 0 Å². The fraction of sp³-hybridized carbons (Fsp3) is 0.400. The molecule has 8 heteroatoms. The summed E-state index contributed by atoms with van der Waals surface area (Å²) in [7, 11) is 0. The largest absolute Gasteiger partial charge is 0.480 e. The molecule has 8 nitrogen and oxygen atoms in total. The van der Waals surface area contributed by atoms with Gasteiger partial charge in [-0.1, -0.05) is 0 Å². The summed E-state index contributed by atoms with van der Waals surface area (Å²) in [5, 5.41) is 21.2. The topological polar surface area (TPSA) is 133 Å². The second kappa shape index (κ2) is 7.05. The molecule has 0 rings (SSSR count). The molecular formula is C10H14N2O6. The second-order valence-corrected chi connectivity index (χ2v) is 3.47. The van der Waals surface area contributed by atoms with Crippen molar-refractivity contribution in [2.24, 2.45) is 0 Å². The molecule has 100 valence electrons. The lowest BCUT2D eigenvalue weighted by Gasteiger charge is -2.07. The molecule has 0 fully saturated rings. The number of hydrogen-bond donors (Lipinski definition) is 4. The van der Waals surface area contributed by atoms with Crippen molar-refractivity contribution in [2.75, 3.05) is 0 Å². The van der Waals surface area contributed by atoms with E-state index in [0.29, 0.717) is 0 Å². The fourth-order valence-corrected chi connectivity index (χ4v) is 0.798. The molecule has 2 atom stereocenters. The minimum atomic E-state index is -1.21. The maximum Gasteiger partial charge on any atom is 0.325 e. The predicted molar refractivity (Wildman–Crippen MR) is 59.6 cm³/mol. The van der Waals surface area contributed by atoms with Crippen molar-refractivity contribution >= 4 is 23.8 Å². The number of amides is 2. The molecule has 0 aromatic carbocycles. The lowest BCUT2D eigenvalue weighted by molar-refractivity contribution is -0.141. The van der Waals surface area contributed by atoms with Gasteiger partial charge in [-0.2, -0.15) is 0 Å². The lowest BCUT2D eigenvalue weighted by Crippen LogP contribution is -2.39. The van der Waals surface area contributed by atoms with Crippen LogP contribution in [0.2, 0.25) is 0 Å². The lowest BCUT2D eigenvalue weighted by atomic mass is 10.3. The van der Waals surface area contributed by atoms with Crippen LogP contribution < -0.4 is 10.6 Å². The van der Waals surface area contributed by atoms with Crippen LogP contribution in [-0.4, -0.2) is 46.0 Å². The van der Waals surface area contributed by atoms with E-state index in [9.17, 15) is 19.2 Å². The molecule has 0 spiro atoms. The van der Waals surface area contributed by atoms with Gasteiger partial charge in [-0.15, -0.1) is 0 Å². The van der Waals surface area contributed by atoms with Crippen molar-refractivity contribution in [2.45, 2.75) is 25.9 Å². The predicted octanol–water partition coefficient (Wildman–Crippen LogP) is -1.28. The Bertz CT molecular complexity index is 354. The van der Waals surface area contributed by atoms with Crippen LogP contribution in [0.15, 0.2) is 12.2 Å². The normalized spacial score (nSPS) is 13.7. The quantitative estimate of drug-likeness (QED) is 0.439. The first-order valence-corrected chi connectivity index (χ1v) is 4.98. The molecule has 2 amide bonds. The van der Waals surface area contributed by atoms with E-state index >= 15 is 0 Å². The van der Waals surface area contributed by atoms with Gasteiger partial charge in [-0.05, 0) is 13.8 Å². The zero-order valence-corrected chi connectivity index (χ0v) is 9.84. The van der Waals surface area contributed by atoms with Crippen LogP contribution in [0.5, 0.6) is 0 Å². The van der Waals surface area contributed by atoms with Crippen LogP contribution >= 0.6 is 0 Å². The smallest absolute Gasteiger partial charge is 0.325 e. The average Bonchev–Trinajstić information content (AvgIpc) is 2.25. The summed E-state index contributed by atoms with van der Waals surface area (Å²) in [4.78, 5) is 43.1. The van der Waals surface area contributed by atoms with Crippen molar-refractivity contribution in [1.29, 1.82) is 0 Å². The Kier molecular flexibility index (Phi) is 6.11. The summed E-state index contributed by atoms with van der Waals surface area (Å²) >= 11 is 0. The Balaban J connectivity index is 4.22. The summed E-state index contributed by atoms with van der Waals surface area (Å²) in [6.45, 7) is 2.53. The van der Waals surface area contributed by atoms with Crippen molar-refractivity contribution in [1.82, 2.24) is 10.6 Å². The van der Waals surface area contributed by atoms with Gasteiger partial charge in [0.15, 0.2) is 0 Å². The Morgan fingerprint density at radius 3 is 1.33 bits per heavy atom. The van der Waals surface area contributed by atoms with Crippen molar-refractivity contribution < 1.29 is 29.4 Å². The van der Waals surface area contributed by atoms with E-state index in [1.54, 1.807) is 0 Å². The molecule has 0 saturated carbocycles. The van der Waals surface area contributed by atoms with E-state index < -0.39 is 35.8 Å². The van der Waals surface area contributed by atoms with Gasteiger partial charge in [0, 0.05) is 12.2 Å². The Hall–Kier alpha value is -2.38. The highest BCUT2D eigenvalue weighted by Crippen LogP contribution is 1.85. The number of rotatable bonds is 6. The number of aliphatic carboxylic acids is 2. The van der Waals surface area contributed by atoms with Gasteiger partial charge < -0.3 is 20.8 Å². The molecule has 0 aromatic heterocycles. The minimum Gasteiger partial charge on any atom is -0.480 e. The third kappa shape index (κ3) is 6.26. The summed E-state index contributed by atoms with van der Waals surface area (Å²) in [5.41, 5.74) is 0. The van der Waals surface area contributed by atoms with E-state index in [-0.39, 0.29) is 0 Å². The molecule has 0 aliphatic rings. The van der Waals surface area contributed by atoms with E-state index in [1.807, 2.05) is 0 Å². The van der Waals surface area contributed by atoms with Crippen LogP contribution in [0.4, 0.5) is 0 Å². The molecule has 0 heterocycles. The highest BCUT2D eigenvalue weighted by Gasteiger charge is 2.13. The monoisotopic (exact) mass is 258 g/mol. The maximum absolute atomic E-state index is 11.1. The molecule has 0 aromatic rings. The first-order chi connectivity index (χ1) is 8.23. The molecule has 0 aliphatic carbocycles. The van der Waals surface area contributed by atoms with Gasteiger partial charge >= 0.3 is 11.9 Å². The second-order valence-electron chi connectivity index (χ2n) is 3.47. The van der Waals surface area contributed by atoms with Crippen LogP contribution in [0.1, 0.15) is 13.8 Å². The molecule has 0 saturated heterocycles. The molecule has 4 N–H and O–H groups in total. The number of nitrogens with one attached hydrogen (secondary N) is 2. The number of carboxylic acid groups (broad SMARTS) is 2. The number of carbonyl (C=O) groups is 4. The molecule has 0 radical (unpaired) electrons. The number of carboxylic acids is 2. The fourth-order valence-electron chi connectivity index (χ4n) is 0.798. The number of carbonyl (C=O) groups excluding carboxylic acids is 2. The van der Waals surface area contributed by atoms with Crippen LogP contribution in [0.3, 0.4) is 0 Å². The van der Waals surface area contributed by atoms with E-state index in [1.165, 1.54) is 13.8 Å². The van der Waals surface area contributed by atoms with Gasteiger partial charge in [-0.3, -0.25) is 19.2 Å². The Morgan fingerprint density at radius 1 is 0.833 bits per heavy atom. The minimum absolute atomic E-state index is 0.761. The molecular weight excluding hydrogens is 244 g/mol. The third-order valence-electron chi connectivity index (χ3n) is 1.84. The maximum atomic E-state index is 11.1. The van der Waals surface area contributed by atoms with Crippen LogP contribution in [-0.2, 0) is 19.2 Å². The number of hydrogen-bond acceptors (Lipinski definition) is 4. The van der Waals surface area contributed by atoms with Crippen molar-refractivity contribution in [3.05, 3.63) is 12.2 Å². The zero-order chi connectivity index (χ0) is 14.3. The third-order valence-corrected chi connectivity index (χ3v) is 1.84. The summed E-state index contributed by atoms with van der Waals surface area (Å²) < 4.78 is 0. The van der Waals surface area contributed by atoms with Gasteiger partial charge in [0.1, 0.15) is 12.1 Å². The van der Waals surface area contributed by atoms with Gasteiger partial charge in [-0.25, -0.2) is 0 Å². The van der Waals surface area contributed by atoms with E-state index in [4.69, 9.17) is 10.2 Å². The molecule has 18 heavy (non-hydrogen) atoms. The highest BCUT2D eigenvalue weighted by molar-refractivity contribution is 5.98. The molecule has 2 unspecified atom stereocenters. The first kappa shape index (κ1) is 15.6. The van der Waals surface area contributed by atoms with Crippen LogP contribution in [0.25, 0.3) is 0 Å². The van der Waals surface area contributed by atoms with Crippen molar-refractivity contribution in [3.63, 3.8) is 0 Å². The summed E-state index contributed by atoms with van der Waals surface area (Å²) in [6.07, 6.45) is 1.65. The Labute approximate surface area is 103 Å². The molecule has 0 bridgehead atoms.